The molecular weight excluding hydrogens is 331 g/mol. The Bertz CT molecular complexity index is 557. The molecule has 0 saturated heterocycles. The minimum atomic E-state index is -6.94. The van der Waals surface area contributed by atoms with Crippen molar-refractivity contribution in [2.45, 2.75) is 30.9 Å². The molecule has 0 aliphatic carbocycles. The molecule has 0 radical (unpaired) electrons. The Morgan fingerprint density at radius 1 is 0.773 bits per heavy atom. The Hall–Kier alpha value is -1.74. The van der Waals surface area contributed by atoms with E-state index in [-0.39, 0.29) is 17.7 Å². The summed E-state index contributed by atoms with van der Waals surface area (Å²) in [6, 6.07) is 1.62. The van der Waals surface area contributed by atoms with Gasteiger partial charge in [-0.1, -0.05) is 24.3 Å². The van der Waals surface area contributed by atoms with Crippen molar-refractivity contribution in [1.82, 2.24) is 0 Å². The van der Waals surface area contributed by atoms with Crippen LogP contribution >= 0.6 is 0 Å². The van der Waals surface area contributed by atoms with Gasteiger partial charge in [-0.3, -0.25) is 4.79 Å². The van der Waals surface area contributed by atoms with Gasteiger partial charge in [-0.25, -0.2) is 0 Å². The van der Waals surface area contributed by atoms with E-state index in [4.69, 9.17) is 0 Å². The number of benzene rings is 1. The van der Waals surface area contributed by atoms with Crippen molar-refractivity contribution in [3.8, 4) is 0 Å². The molecule has 0 unspecified atom stereocenters. The average Bonchev–Trinajstić information content (AvgIpc) is 2.37. The number of ketones is 1. The van der Waals surface area contributed by atoms with Crippen LogP contribution in [0.2, 0.25) is 0 Å². The number of carbonyl (C=O) groups is 1. The summed E-state index contributed by atoms with van der Waals surface area (Å²) in [6.45, 7) is 1.01. The Kier molecular flexibility index (Phi) is 4.30. The lowest BCUT2D eigenvalue weighted by atomic mass is 9.95. The summed E-state index contributed by atoms with van der Waals surface area (Å²) in [4.78, 5) is 10.9. The largest absolute Gasteiger partial charge is 0.460 e. The van der Waals surface area contributed by atoms with Crippen LogP contribution < -0.4 is 0 Å². The fourth-order valence-electron chi connectivity index (χ4n) is 1.47. The van der Waals surface area contributed by atoms with Gasteiger partial charge < -0.3 is 0 Å². The van der Waals surface area contributed by atoms with E-state index < -0.39 is 35.3 Å². The minimum Gasteiger partial charge on any atom is -0.295 e. The molecule has 0 saturated carbocycles. The number of alkyl halides is 9. The molecule has 1 aromatic carbocycles. The van der Waals surface area contributed by atoms with E-state index in [0.717, 1.165) is 6.92 Å². The molecule has 1 aromatic rings. The Labute approximate surface area is 117 Å². The van der Waals surface area contributed by atoms with Crippen LogP contribution in [-0.4, -0.2) is 23.8 Å². The second kappa shape index (κ2) is 5.17. The standard InChI is InChI=1S/C12H7F9O/c1-6(22)7-2-4-8(5-3-7)9(13,14)10(15,16)11(17,18)12(19,20)21/h2-5H,1H3. The minimum absolute atomic E-state index is 0.192. The lowest BCUT2D eigenvalue weighted by Crippen LogP contribution is -2.59. The van der Waals surface area contributed by atoms with Gasteiger partial charge in [-0.05, 0) is 6.92 Å². The number of rotatable bonds is 4. The summed E-state index contributed by atoms with van der Waals surface area (Å²) in [7, 11) is 0. The van der Waals surface area contributed by atoms with E-state index in [1.807, 2.05) is 0 Å². The fraction of sp³-hybridized carbons (Fsp3) is 0.417. The Morgan fingerprint density at radius 3 is 1.50 bits per heavy atom. The molecule has 0 fully saturated rings. The zero-order chi connectivity index (χ0) is 17.6. The maximum atomic E-state index is 13.5. The topological polar surface area (TPSA) is 17.1 Å². The highest BCUT2D eigenvalue weighted by atomic mass is 19.4. The smallest absolute Gasteiger partial charge is 0.295 e. The molecule has 0 heterocycles. The molecule has 0 atom stereocenters. The number of halogens is 9. The third-order valence-corrected chi connectivity index (χ3v) is 2.80. The fourth-order valence-corrected chi connectivity index (χ4v) is 1.47. The van der Waals surface area contributed by atoms with E-state index in [2.05, 4.69) is 0 Å². The van der Waals surface area contributed by atoms with Gasteiger partial charge in [0, 0.05) is 11.1 Å². The van der Waals surface area contributed by atoms with Gasteiger partial charge in [-0.2, -0.15) is 39.5 Å². The van der Waals surface area contributed by atoms with Gasteiger partial charge in [0.2, 0.25) is 0 Å². The molecule has 0 aliphatic rings. The van der Waals surface area contributed by atoms with Crippen LogP contribution in [0.5, 0.6) is 0 Å². The Balaban J connectivity index is 3.35. The van der Waals surface area contributed by atoms with E-state index in [1.54, 1.807) is 0 Å². The first-order chi connectivity index (χ1) is 9.66. The van der Waals surface area contributed by atoms with Crippen molar-refractivity contribution >= 4 is 5.78 Å². The number of Topliss-reactive ketones (excluding diaryl/α,β-unsaturated/α-hetero) is 1. The first kappa shape index (κ1) is 18.3. The summed E-state index contributed by atoms with van der Waals surface area (Å²) < 4.78 is 114. The van der Waals surface area contributed by atoms with E-state index in [0.29, 0.717) is 12.1 Å². The zero-order valence-electron chi connectivity index (χ0n) is 10.6. The highest BCUT2D eigenvalue weighted by molar-refractivity contribution is 5.94. The summed E-state index contributed by atoms with van der Waals surface area (Å²) in [5.74, 6) is -20.1. The molecule has 0 N–H and O–H groups in total. The van der Waals surface area contributed by atoms with Crippen LogP contribution in [0.3, 0.4) is 0 Å². The Morgan fingerprint density at radius 2 is 1.18 bits per heavy atom. The van der Waals surface area contributed by atoms with Crippen molar-refractivity contribution in [3.05, 3.63) is 35.4 Å². The summed E-state index contributed by atoms with van der Waals surface area (Å²) >= 11 is 0. The highest BCUT2D eigenvalue weighted by Gasteiger charge is 2.81. The first-order valence-corrected chi connectivity index (χ1v) is 5.48. The van der Waals surface area contributed by atoms with Gasteiger partial charge in [0.1, 0.15) is 0 Å². The van der Waals surface area contributed by atoms with Gasteiger partial charge in [0.25, 0.3) is 0 Å². The lowest BCUT2D eigenvalue weighted by Gasteiger charge is -2.33. The molecule has 0 spiro atoms. The van der Waals surface area contributed by atoms with Crippen molar-refractivity contribution < 1.29 is 44.3 Å². The van der Waals surface area contributed by atoms with Gasteiger partial charge in [0.15, 0.2) is 5.78 Å². The van der Waals surface area contributed by atoms with Crippen molar-refractivity contribution in [1.29, 1.82) is 0 Å². The molecule has 0 aliphatic heterocycles. The van der Waals surface area contributed by atoms with Crippen molar-refractivity contribution in [2.24, 2.45) is 0 Å². The quantitative estimate of drug-likeness (QED) is 0.569. The van der Waals surface area contributed by atoms with Crippen LogP contribution in [0.1, 0.15) is 22.8 Å². The van der Waals surface area contributed by atoms with Crippen LogP contribution in [0, 0.1) is 0 Å². The molecule has 22 heavy (non-hydrogen) atoms. The third kappa shape index (κ3) is 2.66. The van der Waals surface area contributed by atoms with Crippen molar-refractivity contribution in [3.63, 3.8) is 0 Å². The average molecular weight is 338 g/mol. The molecule has 0 aromatic heterocycles. The SMILES string of the molecule is CC(=O)c1ccc(C(F)(F)C(F)(F)C(F)(F)C(F)(F)F)cc1. The van der Waals surface area contributed by atoms with E-state index >= 15 is 0 Å². The monoisotopic (exact) mass is 338 g/mol. The zero-order valence-corrected chi connectivity index (χ0v) is 10.6. The molecule has 0 amide bonds. The number of hydrogen-bond acceptors (Lipinski definition) is 1. The van der Waals surface area contributed by atoms with E-state index in [9.17, 15) is 44.3 Å². The number of carbonyl (C=O) groups excluding carboxylic acids is 1. The van der Waals surface area contributed by atoms with E-state index in [1.165, 1.54) is 0 Å². The first-order valence-electron chi connectivity index (χ1n) is 5.48. The molecule has 1 rings (SSSR count). The predicted octanol–water partition coefficient (Wildman–Crippen LogP) is 4.81. The van der Waals surface area contributed by atoms with Crippen LogP contribution in [0.15, 0.2) is 24.3 Å². The highest BCUT2D eigenvalue weighted by Crippen LogP contribution is 2.56. The van der Waals surface area contributed by atoms with Crippen molar-refractivity contribution in [2.75, 3.05) is 0 Å². The normalized spacial score (nSPS) is 14.1. The molecule has 10 heteroatoms. The maximum Gasteiger partial charge on any atom is 0.460 e. The molecule has 1 nitrogen and oxygen atoms in total. The van der Waals surface area contributed by atoms with Gasteiger partial charge in [0.05, 0.1) is 0 Å². The van der Waals surface area contributed by atoms with Gasteiger partial charge in [-0.15, -0.1) is 0 Å². The predicted molar refractivity (Wildman–Crippen MR) is 56.3 cm³/mol. The second-order valence-corrected chi connectivity index (χ2v) is 4.35. The third-order valence-electron chi connectivity index (χ3n) is 2.80. The molecule has 124 valence electrons. The summed E-state index contributed by atoms with van der Waals surface area (Å²) in [5, 5.41) is 0. The van der Waals surface area contributed by atoms with Crippen LogP contribution in [0.4, 0.5) is 39.5 Å². The molecular formula is C12H7F9O. The summed E-state index contributed by atoms with van der Waals surface area (Å²) in [6.07, 6.45) is -6.86. The summed E-state index contributed by atoms with van der Waals surface area (Å²) in [5.41, 5.74) is -1.98. The second-order valence-electron chi connectivity index (χ2n) is 4.35. The van der Waals surface area contributed by atoms with Crippen LogP contribution in [-0.2, 0) is 5.92 Å². The maximum absolute atomic E-state index is 13.5. The van der Waals surface area contributed by atoms with Gasteiger partial charge >= 0.3 is 23.9 Å². The van der Waals surface area contributed by atoms with Crippen LogP contribution in [0.25, 0.3) is 0 Å². The number of hydrogen-bond donors (Lipinski definition) is 0. The molecule has 0 bridgehead atoms. The lowest BCUT2D eigenvalue weighted by molar-refractivity contribution is -0.399.